The lowest BCUT2D eigenvalue weighted by Crippen LogP contribution is -2.30. The van der Waals surface area contributed by atoms with Crippen molar-refractivity contribution in [2.24, 2.45) is 0 Å². The fourth-order valence-corrected chi connectivity index (χ4v) is 3.37. The van der Waals surface area contributed by atoms with Gasteiger partial charge in [-0.3, -0.25) is 9.59 Å². The molecule has 0 unspecified atom stereocenters. The SMILES string of the molecule is COc1ccccc1O[C@@H](C)C(=O)Nc1c(C(=O)c2ccc(Cl)cc2)oc2ccccc12. The highest BCUT2D eigenvalue weighted by molar-refractivity contribution is 6.30. The van der Waals surface area contributed by atoms with Gasteiger partial charge >= 0.3 is 0 Å². The number of halogens is 1. The summed E-state index contributed by atoms with van der Waals surface area (Å²) in [4.78, 5) is 26.1. The molecule has 1 N–H and O–H groups in total. The van der Waals surface area contributed by atoms with E-state index in [4.69, 9.17) is 25.5 Å². The van der Waals surface area contributed by atoms with Gasteiger partial charge in [-0.05, 0) is 55.5 Å². The minimum absolute atomic E-state index is 0.0337. The van der Waals surface area contributed by atoms with Gasteiger partial charge in [0.1, 0.15) is 5.58 Å². The topological polar surface area (TPSA) is 77.8 Å². The Hall–Kier alpha value is -3.77. The number of benzene rings is 3. The van der Waals surface area contributed by atoms with Gasteiger partial charge in [0.2, 0.25) is 5.78 Å². The summed E-state index contributed by atoms with van der Waals surface area (Å²) < 4.78 is 16.9. The summed E-state index contributed by atoms with van der Waals surface area (Å²) in [7, 11) is 1.53. The summed E-state index contributed by atoms with van der Waals surface area (Å²) in [6, 6.07) is 20.6. The number of rotatable bonds is 7. The van der Waals surface area contributed by atoms with Crippen molar-refractivity contribution in [1.29, 1.82) is 0 Å². The van der Waals surface area contributed by atoms with E-state index in [0.717, 1.165) is 0 Å². The first-order chi connectivity index (χ1) is 15.5. The van der Waals surface area contributed by atoms with Gasteiger partial charge in [-0.2, -0.15) is 0 Å². The maximum atomic E-state index is 13.1. The molecule has 1 atom stereocenters. The average Bonchev–Trinajstić information content (AvgIpc) is 3.17. The summed E-state index contributed by atoms with van der Waals surface area (Å²) >= 11 is 5.94. The first kappa shape index (κ1) is 21.5. The third-order valence-electron chi connectivity index (χ3n) is 4.90. The Labute approximate surface area is 189 Å². The molecule has 1 amide bonds. The second-order valence-corrected chi connectivity index (χ2v) is 7.47. The van der Waals surface area contributed by atoms with Crippen LogP contribution >= 0.6 is 11.6 Å². The molecule has 0 radical (unpaired) electrons. The number of carbonyl (C=O) groups excluding carboxylic acids is 2. The number of anilines is 1. The highest BCUT2D eigenvalue weighted by Gasteiger charge is 2.26. The second-order valence-electron chi connectivity index (χ2n) is 7.04. The van der Waals surface area contributed by atoms with Gasteiger partial charge < -0.3 is 19.2 Å². The van der Waals surface area contributed by atoms with E-state index in [0.29, 0.717) is 38.7 Å². The van der Waals surface area contributed by atoms with Crippen molar-refractivity contribution < 1.29 is 23.5 Å². The zero-order valence-electron chi connectivity index (χ0n) is 17.4. The Morgan fingerprint density at radius 1 is 0.938 bits per heavy atom. The predicted octanol–water partition coefficient (Wildman–Crippen LogP) is 5.73. The number of ketones is 1. The smallest absolute Gasteiger partial charge is 0.265 e. The third kappa shape index (κ3) is 4.31. The first-order valence-corrected chi connectivity index (χ1v) is 10.3. The summed E-state index contributed by atoms with van der Waals surface area (Å²) in [5.74, 6) is 0.178. The van der Waals surface area contributed by atoms with Crippen LogP contribution in [0.3, 0.4) is 0 Å². The van der Waals surface area contributed by atoms with Crippen LogP contribution in [0.5, 0.6) is 11.5 Å². The first-order valence-electron chi connectivity index (χ1n) is 9.90. The maximum Gasteiger partial charge on any atom is 0.265 e. The average molecular weight is 450 g/mol. The molecule has 0 bridgehead atoms. The van der Waals surface area contributed by atoms with Crippen LogP contribution in [-0.2, 0) is 4.79 Å². The molecule has 7 heteroatoms. The Kier molecular flexibility index (Phi) is 6.14. The van der Waals surface area contributed by atoms with Crippen LogP contribution in [0.25, 0.3) is 11.0 Å². The Balaban J connectivity index is 1.64. The molecule has 4 aromatic rings. The Morgan fingerprint density at radius 3 is 2.31 bits per heavy atom. The van der Waals surface area contributed by atoms with Gasteiger partial charge in [0, 0.05) is 16.0 Å². The molecule has 0 fully saturated rings. The van der Waals surface area contributed by atoms with Crippen LogP contribution < -0.4 is 14.8 Å². The van der Waals surface area contributed by atoms with Crippen molar-refractivity contribution in [3.8, 4) is 11.5 Å². The van der Waals surface area contributed by atoms with Gasteiger partial charge in [0.25, 0.3) is 5.91 Å². The normalized spacial score (nSPS) is 11.7. The number of furan rings is 1. The molecule has 32 heavy (non-hydrogen) atoms. The number of ether oxygens (including phenoxy) is 2. The largest absolute Gasteiger partial charge is 0.493 e. The lowest BCUT2D eigenvalue weighted by Gasteiger charge is -2.16. The number of hydrogen-bond acceptors (Lipinski definition) is 5. The number of carbonyl (C=O) groups is 2. The van der Waals surface area contributed by atoms with Crippen LogP contribution in [-0.4, -0.2) is 24.9 Å². The molecule has 3 aromatic carbocycles. The van der Waals surface area contributed by atoms with E-state index in [2.05, 4.69) is 5.32 Å². The number of fused-ring (bicyclic) bond motifs is 1. The lowest BCUT2D eigenvalue weighted by molar-refractivity contribution is -0.122. The van der Waals surface area contributed by atoms with Gasteiger partial charge in [-0.25, -0.2) is 0 Å². The molecule has 0 saturated carbocycles. The zero-order chi connectivity index (χ0) is 22.7. The number of hydrogen-bond donors (Lipinski definition) is 1. The molecule has 0 aliphatic carbocycles. The van der Waals surface area contributed by atoms with E-state index < -0.39 is 12.0 Å². The minimum Gasteiger partial charge on any atom is -0.493 e. The van der Waals surface area contributed by atoms with Crippen molar-refractivity contribution in [2.75, 3.05) is 12.4 Å². The number of amides is 1. The van der Waals surface area contributed by atoms with Crippen molar-refractivity contribution in [3.05, 3.63) is 89.1 Å². The van der Waals surface area contributed by atoms with E-state index in [1.807, 2.05) is 6.07 Å². The van der Waals surface area contributed by atoms with Crippen molar-refractivity contribution in [3.63, 3.8) is 0 Å². The number of nitrogens with one attached hydrogen (secondary N) is 1. The zero-order valence-corrected chi connectivity index (χ0v) is 18.2. The molecule has 0 aliphatic heterocycles. The fraction of sp³-hybridized carbons (Fsp3) is 0.120. The molecule has 162 valence electrons. The predicted molar refractivity (Wildman–Crippen MR) is 123 cm³/mol. The molecule has 4 rings (SSSR count). The molecule has 0 saturated heterocycles. The molecule has 6 nitrogen and oxygen atoms in total. The van der Waals surface area contributed by atoms with Crippen LogP contribution in [0.4, 0.5) is 5.69 Å². The lowest BCUT2D eigenvalue weighted by atomic mass is 10.1. The monoisotopic (exact) mass is 449 g/mol. The quantitative estimate of drug-likeness (QED) is 0.364. The molecule has 0 spiro atoms. The maximum absolute atomic E-state index is 13.1. The van der Waals surface area contributed by atoms with Crippen molar-refractivity contribution in [2.45, 2.75) is 13.0 Å². The van der Waals surface area contributed by atoms with Gasteiger partial charge in [0.05, 0.1) is 12.8 Å². The fourth-order valence-electron chi connectivity index (χ4n) is 3.25. The van der Waals surface area contributed by atoms with E-state index in [1.165, 1.54) is 7.11 Å². The molecule has 1 aromatic heterocycles. The minimum atomic E-state index is -0.863. The van der Waals surface area contributed by atoms with Crippen LogP contribution in [0.1, 0.15) is 23.0 Å². The Bertz CT molecular complexity index is 1280. The highest BCUT2D eigenvalue weighted by Crippen LogP contribution is 2.33. The molecular weight excluding hydrogens is 430 g/mol. The summed E-state index contributed by atoms with van der Waals surface area (Å²) in [5.41, 5.74) is 1.17. The number of para-hydroxylation sites is 3. The van der Waals surface area contributed by atoms with Crippen LogP contribution in [0, 0.1) is 0 Å². The van der Waals surface area contributed by atoms with Crippen LogP contribution in [0.15, 0.2) is 77.2 Å². The van der Waals surface area contributed by atoms with E-state index in [9.17, 15) is 9.59 Å². The molecule has 0 aliphatic rings. The van der Waals surface area contributed by atoms with Gasteiger partial charge in [0.15, 0.2) is 23.4 Å². The Morgan fingerprint density at radius 2 is 1.59 bits per heavy atom. The van der Waals surface area contributed by atoms with Crippen molar-refractivity contribution in [1.82, 2.24) is 0 Å². The third-order valence-corrected chi connectivity index (χ3v) is 5.15. The van der Waals surface area contributed by atoms with Crippen molar-refractivity contribution >= 4 is 39.9 Å². The van der Waals surface area contributed by atoms with E-state index in [1.54, 1.807) is 73.7 Å². The molecular formula is C25H20ClNO5. The summed E-state index contributed by atoms with van der Waals surface area (Å²) in [6.07, 6.45) is -0.863. The summed E-state index contributed by atoms with van der Waals surface area (Å²) in [5, 5.41) is 3.94. The van der Waals surface area contributed by atoms with E-state index >= 15 is 0 Å². The summed E-state index contributed by atoms with van der Waals surface area (Å²) in [6.45, 7) is 1.62. The van der Waals surface area contributed by atoms with Gasteiger partial charge in [-0.1, -0.05) is 35.9 Å². The van der Waals surface area contributed by atoms with E-state index in [-0.39, 0.29) is 11.5 Å². The second kappa shape index (κ2) is 9.16. The van der Waals surface area contributed by atoms with Gasteiger partial charge in [-0.15, -0.1) is 0 Å². The highest BCUT2D eigenvalue weighted by atomic mass is 35.5. The van der Waals surface area contributed by atoms with Crippen LogP contribution in [0.2, 0.25) is 5.02 Å². The number of methoxy groups -OCH3 is 1. The standard InChI is InChI=1S/C25H20ClNO5/c1-15(31-21-10-6-5-9-20(21)30-2)25(29)27-22-18-7-3-4-8-19(18)32-24(22)23(28)16-11-13-17(26)14-12-16/h3-15H,1-2H3,(H,27,29)/t15-/m0/s1. The molecule has 1 heterocycles.